The molecule has 0 aliphatic heterocycles. The molecule has 0 unspecified atom stereocenters. The summed E-state index contributed by atoms with van der Waals surface area (Å²) in [6, 6.07) is 16.1. The van der Waals surface area contributed by atoms with E-state index >= 15 is 0 Å². The van der Waals surface area contributed by atoms with E-state index in [1.54, 1.807) is 61.7 Å². The molecule has 0 atom stereocenters. The summed E-state index contributed by atoms with van der Waals surface area (Å²) in [4.78, 5) is 37.7. The minimum atomic E-state index is -0.470. The molecule has 8 nitrogen and oxygen atoms in total. The number of rotatable bonds is 6. The largest absolute Gasteiger partial charge is 0.497 e. The van der Waals surface area contributed by atoms with E-state index in [9.17, 15) is 19.7 Å². The average Bonchev–Trinajstić information content (AvgIpc) is 3.40. The molecule has 0 radical (unpaired) electrons. The molecule has 0 saturated carbocycles. The van der Waals surface area contributed by atoms with Crippen LogP contribution in [-0.4, -0.2) is 22.8 Å². The molecule has 0 bridgehead atoms. The van der Waals surface area contributed by atoms with Gasteiger partial charge in [-0.05, 0) is 48.5 Å². The molecule has 0 spiro atoms. The molecule has 4 aromatic rings. The van der Waals surface area contributed by atoms with Crippen molar-refractivity contribution in [2.45, 2.75) is 0 Å². The van der Waals surface area contributed by atoms with Gasteiger partial charge in [0.2, 0.25) is 0 Å². The van der Waals surface area contributed by atoms with Gasteiger partial charge in [0, 0.05) is 35.4 Å². The van der Waals surface area contributed by atoms with E-state index in [1.807, 2.05) is 0 Å². The molecule has 0 aliphatic carbocycles. The van der Waals surface area contributed by atoms with Crippen LogP contribution in [0.5, 0.6) is 5.75 Å². The summed E-state index contributed by atoms with van der Waals surface area (Å²) >= 11 is 1.14. The summed E-state index contributed by atoms with van der Waals surface area (Å²) in [5.41, 5.74) is 0.807. The van der Waals surface area contributed by atoms with Crippen LogP contribution in [0.2, 0.25) is 0 Å². The summed E-state index contributed by atoms with van der Waals surface area (Å²) in [5.74, 6) is 1.36. The van der Waals surface area contributed by atoms with Gasteiger partial charge in [-0.2, -0.15) is 0 Å². The predicted octanol–water partition coefficient (Wildman–Crippen LogP) is 3.11. The third-order valence-electron chi connectivity index (χ3n) is 4.58. The number of H-pyrrole nitrogens is 1. The Bertz CT molecular complexity index is 1460. The Morgan fingerprint density at radius 3 is 2.47 bits per heavy atom. The molecule has 4 rings (SSSR count). The predicted molar refractivity (Wildman–Crippen MR) is 120 cm³/mol. The lowest BCUT2D eigenvalue weighted by atomic mass is 10.1. The van der Waals surface area contributed by atoms with Crippen LogP contribution in [0.3, 0.4) is 0 Å². The van der Waals surface area contributed by atoms with Crippen molar-refractivity contribution >= 4 is 35.0 Å². The van der Waals surface area contributed by atoms with E-state index in [1.165, 1.54) is 18.2 Å². The van der Waals surface area contributed by atoms with Crippen LogP contribution in [0.1, 0.15) is 16.1 Å². The first-order chi connectivity index (χ1) is 15.4. The summed E-state index contributed by atoms with van der Waals surface area (Å²) < 4.78 is 11.6. The van der Waals surface area contributed by atoms with Gasteiger partial charge in [-0.25, -0.2) is 0 Å². The van der Waals surface area contributed by atoms with Crippen LogP contribution in [0.15, 0.2) is 69.9 Å². The number of hydrogen-bond acceptors (Lipinski definition) is 7. The standard InChI is InChI=1S/C23H16N2O6S/c1-30-17-8-4-14(5-9-17)19(26)13-22-24-23(27)21(32-22)12-18-10-11-20(31-18)15-2-6-16(7-3-15)25(28)29/h2-13H,1H3,(H,24,27)/b21-12+,22-13+. The third kappa shape index (κ3) is 4.57. The number of ketones is 1. The molecule has 9 heteroatoms. The summed E-state index contributed by atoms with van der Waals surface area (Å²) in [5, 5.41) is 10.8. The van der Waals surface area contributed by atoms with Crippen LogP contribution >= 0.6 is 11.3 Å². The minimum absolute atomic E-state index is 0.00909. The van der Waals surface area contributed by atoms with Crippen LogP contribution < -0.4 is 19.5 Å². The topological polar surface area (TPSA) is 115 Å². The van der Waals surface area contributed by atoms with Gasteiger partial charge in [0.25, 0.3) is 11.2 Å². The van der Waals surface area contributed by atoms with Crippen molar-refractivity contribution in [3.63, 3.8) is 0 Å². The van der Waals surface area contributed by atoms with Gasteiger partial charge in [-0.3, -0.25) is 19.7 Å². The van der Waals surface area contributed by atoms with E-state index in [0.29, 0.717) is 37.6 Å². The smallest absolute Gasteiger partial charge is 0.269 e. The van der Waals surface area contributed by atoms with Crippen molar-refractivity contribution in [3.8, 4) is 17.1 Å². The number of Topliss-reactive ketones (excluding diaryl/α,β-unsaturated/α-hetero) is 1. The molecule has 1 N–H and O–H groups in total. The van der Waals surface area contributed by atoms with Crippen molar-refractivity contribution < 1.29 is 18.9 Å². The van der Waals surface area contributed by atoms with Crippen molar-refractivity contribution in [2.75, 3.05) is 7.11 Å². The second kappa shape index (κ2) is 8.86. The fourth-order valence-corrected chi connectivity index (χ4v) is 3.81. The second-order valence-electron chi connectivity index (χ2n) is 6.67. The number of methoxy groups -OCH3 is 1. The van der Waals surface area contributed by atoms with Crippen LogP contribution in [0, 0.1) is 10.1 Å². The lowest BCUT2D eigenvalue weighted by molar-refractivity contribution is -0.384. The SMILES string of the molecule is COc1ccc(C(=O)/C=c2\[nH]c(=O)/c(=C\c3ccc(-c4ccc([N+](=O)[O-])cc4)o3)s2)cc1. The molecule has 0 saturated heterocycles. The lowest BCUT2D eigenvalue weighted by Gasteiger charge is -1.99. The Morgan fingerprint density at radius 1 is 1.09 bits per heavy atom. The molecule has 2 heterocycles. The molecule has 32 heavy (non-hydrogen) atoms. The number of hydrogen-bond donors (Lipinski definition) is 1. The number of nitrogens with one attached hydrogen (secondary N) is 1. The zero-order valence-corrected chi connectivity index (χ0v) is 17.5. The van der Waals surface area contributed by atoms with E-state index < -0.39 is 4.92 Å². The highest BCUT2D eigenvalue weighted by molar-refractivity contribution is 7.07. The Morgan fingerprint density at radius 2 is 1.81 bits per heavy atom. The highest BCUT2D eigenvalue weighted by atomic mass is 32.1. The summed E-state index contributed by atoms with van der Waals surface area (Å²) in [6.07, 6.45) is 2.95. The number of ether oxygens (including phenoxy) is 1. The lowest BCUT2D eigenvalue weighted by Crippen LogP contribution is -2.19. The zero-order valence-electron chi connectivity index (χ0n) is 16.7. The second-order valence-corrected chi connectivity index (χ2v) is 7.76. The number of nitrogens with zero attached hydrogens (tertiary/aromatic N) is 1. The van der Waals surface area contributed by atoms with E-state index in [4.69, 9.17) is 9.15 Å². The van der Waals surface area contributed by atoms with Crippen LogP contribution in [0.4, 0.5) is 5.69 Å². The van der Waals surface area contributed by atoms with Gasteiger partial charge >= 0.3 is 0 Å². The molecule has 0 fully saturated rings. The third-order valence-corrected chi connectivity index (χ3v) is 5.54. The number of thiazole rings is 1. The maximum atomic E-state index is 12.4. The highest BCUT2D eigenvalue weighted by Gasteiger charge is 2.08. The number of aromatic amines is 1. The fourth-order valence-electron chi connectivity index (χ4n) is 2.94. The van der Waals surface area contributed by atoms with Crippen LogP contribution in [-0.2, 0) is 0 Å². The van der Waals surface area contributed by atoms with Crippen molar-refractivity contribution in [3.05, 3.63) is 102 Å². The van der Waals surface area contributed by atoms with Gasteiger partial charge in [0.05, 0.1) is 21.2 Å². The number of carbonyl (C=O) groups is 1. The zero-order chi connectivity index (χ0) is 22.7. The molecular weight excluding hydrogens is 432 g/mol. The van der Waals surface area contributed by atoms with Gasteiger partial charge in [-0.1, -0.05) is 0 Å². The number of carbonyl (C=O) groups excluding carboxylic acids is 1. The van der Waals surface area contributed by atoms with Crippen molar-refractivity contribution in [1.82, 2.24) is 4.98 Å². The molecule has 2 aromatic heterocycles. The highest BCUT2D eigenvalue weighted by Crippen LogP contribution is 2.24. The number of aromatic nitrogens is 1. The Balaban J connectivity index is 1.59. The van der Waals surface area contributed by atoms with Gasteiger partial charge in [0.1, 0.15) is 17.3 Å². The van der Waals surface area contributed by atoms with Gasteiger partial charge in [-0.15, -0.1) is 11.3 Å². The van der Waals surface area contributed by atoms with E-state index in [0.717, 1.165) is 11.3 Å². The molecule has 0 aliphatic rings. The van der Waals surface area contributed by atoms with Gasteiger partial charge in [0.15, 0.2) is 5.78 Å². The Hall–Kier alpha value is -4.24. The molecular formula is C23H16N2O6S. The number of benzene rings is 2. The number of nitro benzene ring substituents is 1. The monoisotopic (exact) mass is 448 g/mol. The molecule has 160 valence electrons. The maximum absolute atomic E-state index is 12.4. The molecule has 2 aromatic carbocycles. The average molecular weight is 448 g/mol. The first kappa shape index (κ1) is 21.0. The Kier molecular flexibility index (Phi) is 5.82. The number of furan rings is 1. The number of non-ortho nitro benzene ring substituents is 1. The van der Waals surface area contributed by atoms with Crippen molar-refractivity contribution in [2.24, 2.45) is 0 Å². The first-order valence-electron chi connectivity index (χ1n) is 9.38. The van der Waals surface area contributed by atoms with E-state index in [-0.39, 0.29) is 17.0 Å². The fraction of sp³-hybridized carbons (Fsp3) is 0.0435. The van der Waals surface area contributed by atoms with Crippen LogP contribution in [0.25, 0.3) is 23.5 Å². The normalized spacial score (nSPS) is 12.2. The summed E-state index contributed by atoms with van der Waals surface area (Å²) in [6.45, 7) is 0. The van der Waals surface area contributed by atoms with Gasteiger partial charge < -0.3 is 14.1 Å². The Labute approximate surface area is 184 Å². The molecule has 0 amide bonds. The number of nitro groups is 1. The maximum Gasteiger partial charge on any atom is 0.269 e. The van der Waals surface area contributed by atoms with E-state index in [2.05, 4.69) is 4.98 Å². The quantitative estimate of drug-likeness (QED) is 0.275. The summed E-state index contributed by atoms with van der Waals surface area (Å²) in [7, 11) is 1.55. The first-order valence-corrected chi connectivity index (χ1v) is 10.2. The van der Waals surface area contributed by atoms with Crippen molar-refractivity contribution in [1.29, 1.82) is 0 Å². The minimum Gasteiger partial charge on any atom is -0.497 e.